The van der Waals surface area contributed by atoms with Gasteiger partial charge in [0, 0.05) is 17.0 Å². The van der Waals surface area contributed by atoms with E-state index in [4.69, 9.17) is 17.3 Å². The van der Waals surface area contributed by atoms with Crippen molar-refractivity contribution >= 4 is 11.6 Å². The van der Waals surface area contributed by atoms with E-state index in [1.165, 1.54) is 12.1 Å². The molecule has 0 bridgehead atoms. The Hall–Kier alpha value is -0.640. The molecular weight excluding hydrogens is 265 g/mol. The molecule has 1 aliphatic rings. The Morgan fingerprint density at radius 3 is 2.63 bits per heavy atom. The van der Waals surface area contributed by atoms with Crippen LogP contribution in [0, 0.1) is 16.6 Å². The minimum Gasteiger partial charge on any atom is -0.392 e. The Kier molecular flexibility index (Phi) is 3.92. The van der Waals surface area contributed by atoms with Gasteiger partial charge in [0.05, 0.1) is 6.10 Å². The van der Waals surface area contributed by atoms with Gasteiger partial charge in [0.15, 0.2) is 0 Å². The molecule has 1 saturated carbocycles. The zero-order chi connectivity index (χ0) is 14.3. The van der Waals surface area contributed by atoms with Crippen LogP contribution in [-0.4, -0.2) is 17.8 Å². The summed E-state index contributed by atoms with van der Waals surface area (Å²) in [5, 5.41) is 11.1. The maximum atomic E-state index is 13.9. The van der Waals surface area contributed by atoms with Crippen LogP contribution in [0.2, 0.25) is 5.02 Å². The van der Waals surface area contributed by atoms with Gasteiger partial charge in [0.1, 0.15) is 5.82 Å². The molecule has 106 valence electrons. The molecule has 4 heteroatoms. The van der Waals surface area contributed by atoms with Gasteiger partial charge in [0.2, 0.25) is 0 Å². The zero-order valence-corrected chi connectivity index (χ0v) is 12.2. The average molecular weight is 286 g/mol. The number of rotatable bonds is 3. The average Bonchev–Trinajstić information content (AvgIpc) is 2.59. The fourth-order valence-corrected chi connectivity index (χ4v) is 3.40. The highest BCUT2D eigenvalue weighted by molar-refractivity contribution is 6.30. The van der Waals surface area contributed by atoms with E-state index < -0.39 is 11.5 Å². The molecule has 1 fully saturated rings. The van der Waals surface area contributed by atoms with Gasteiger partial charge in [-0.05, 0) is 48.4 Å². The number of aliphatic hydroxyl groups excluding tert-OH is 1. The summed E-state index contributed by atoms with van der Waals surface area (Å²) in [6.45, 7) is 4.41. The van der Waals surface area contributed by atoms with E-state index in [0.717, 1.165) is 12.8 Å². The number of benzene rings is 1. The van der Waals surface area contributed by atoms with E-state index in [9.17, 15) is 9.50 Å². The highest BCUT2D eigenvalue weighted by Crippen LogP contribution is 2.50. The maximum Gasteiger partial charge on any atom is 0.126 e. The summed E-state index contributed by atoms with van der Waals surface area (Å²) in [5.74, 6) is -0.283. The Balaban J connectivity index is 2.32. The molecule has 0 amide bonds. The second-order valence-electron chi connectivity index (χ2n) is 6.37. The largest absolute Gasteiger partial charge is 0.392 e. The van der Waals surface area contributed by atoms with Gasteiger partial charge in [-0.3, -0.25) is 0 Å². The standard InChI is InChI=1S/C15H21ClFNO/c1-14(2)5-6-15(9-18,13(14)19)8-10-7-11(16)3-4-12(10)17/h3-4,7,13,19H,5-6,8-9,18H2,1-2H3. The fourth-order valence-electron chi connectivity index (χ4n) is 3.20. The monoisotopic (exact) mass is 285 g/mol. The van der Waals surface area contributed by atoms with Gasteiger partial charge in [-0.15, -0.1) is 0 Å². The maximum absolute atomic E-state index is 13.9. The lowest BCUT2D eigenvalue weighted by Crippen LogP contribution is -2.44. The van der Waals surface area contributed by atoms with Crippen molar-refractivity contribution in [2.24, 2.45) is 16.6 Å². The van der Waals surface area contributed by atoms with Crippen LogP contribution in [0.25, 0.3) is 0 Å². The van der Waals surface area contributed by atoms with Crippen LogP contribution in [0.4, 0.5) is 4.39 Å². The van der Waals surface area contributed by atoms with E-state index >= 15 is 0 Å². The van der Waals surface area contributed by atoms with Crippen LogP contribution in [0.15, 0.2) is 18.2 Å². The summed E-state index contributed by atoms with van der Waals surface area (Å²) in [5.41, 5.74) is 5.82. The van der Waals surface area contributed by atoms with E-state index in [2.05, 4.69) is 0 Å². The predicted molar refractivity (Wildman–Crippen MR) is 75.6 cm³/mol. The molecule has 0 saturated heterocycles. The van der Waals surface area contributed by atoms with Crippen LogP contribution in [-0.2, 0) is 6.42 Å². The van der Waals surface area contributed by atoms with Crippen molar-refractivity contribution in [2.45, 2.75) is 39.2 Å². The first kappa shape index (κ1) is 14.8. The van der Waals surface area contributed by atoms with Crippen molar-refractivity contribution in [3.63, 3.8) is 0 Å². The molecule has 1 aromatic carbocycles. The normalized spacial score (nSPS) is 29.7. The van der Waals surface area contributed by atoms with Crippen LogP contribution < -0.4 is 5.73 Å². The highest BCUT2D eigenvalue weighted by Gasteiger charge is 2.51. The van der Waals surface area contributed by atoms with Crippen molar-refractivity contribution in [1.29, 1.82) is 0 Å². The molecule has 0 spiro atoms. The van der Waals surface area contributed by atoms with Crippen LogP contribution >= 0.6 is 11.6 Å². The third kappa shape index (κ3) is 2.64. The number of aliphatic hydroxyl groups is 1. The molecule has 19 heavy (non-hydrogen) atoms. The van der Waals surface area contributed by atoms with Crippen molar-refractivity contribution in [3.05, 3.63) is 34.6 Å². The molecular formula is C15H21ClFNO. The molecule has 0 radical (unpaired) electrons. The van der Waals surface area contributed by atoms with Crippen molar-refractivity contribution in [2.75, 3.05) is 6.54 Å². The first-order valence-electron chi connectivity index (χ1n) is 6.63. The smallest absolute Gasteiger partial charge is 0.126 e. The van der Waals surface area contributed by atoms with Gasteiger partial charge in [-0.2, -0.15) is 0 Å². The summed E-state index contributed by atoms with van der Waals surface area (Å²) in [7, 11) is 0. The summed E-state index contributed by atoms with van der Waals surface area (Å²) in [4.78, 5) is 0. The zero-order valence-electron chi connectivity index (χ0n) is 11.4. The molecule has 2 atom stereocenters. The highest BCUT2D eigenvalue weighted by atomic mass is 35.5. The summed E-state index contributed by atoms with van der Waals surface area (Å²) in [6, 6.07) is 4.53. The molecule has 2 nitrogen and oxygen atoms in total. The fraction of sp³-hybridized carbons (Fsp3) is 0.600. The number of halogens is 2. The predicted octanol–water partition coefficient (Wildman–Crippen LogP) is 3.15. The molecule has 2 rings (SSSR count). The topological polar surface area (TPSA) is 46.2 Å². The van der Waals surface area contributed by atoms with Crippen LogP contribution in [0.5, 0.6) is 0 Å². The molecule has 2 unspecified atom stereocenters. The lowest BCUT2D eigenvalue weighted by atomic mass is 9.74. The molecule has 3 N–H and O–H groups in total. The van der Waals surface area contributed by atoms with Gasteiger partial charge < -0.3 is 10.8 Å². The third-order valence-electron chi connectivity index (χ3n) is 4.54. The molecule has 1 aromatic rings. The van der Waals surface area contributed by atoms with Crippen LogP contribution in [0.3, 0.4) is 0 Å². The minimum absolute atomic E-state index is 0.172. The van der Waals surface area contributed by atoms with E-state index in [1.807, 2.05) is 13.8 Å². The van der Waals surface area contributed by atoms with Gasteiger partial charge >= 0.3 is 0 Å². The van der Waals surface area contributed by atoms with Crippen LogP contribution in [0.1, 0.15) is 32.3 Å². The lowest BCUT2D eigenvalue weighted by Gasteiger charge is -2.36. The lowest BCUT2D eigenvalue weighted by molar-refractivity contribution is -0.00498. The summed E-state index contributed by atoms with van der Waals surface area (Å²) < 4.78 is 13.9. The van der Waals surface area contributed by atoms with Crippen molar-refractivity contribution in [3.8, 4) is 0 Å². The SMILES string of the molecule is CC1(C)CCC(CN)(Cc2cc(Cl)ccc2F)C1O. The van der Waals surface area contributed by atoms with E-state index in [-0.39, 0.29) is 11.2 Å². The van der Waals surface area contributed by atoms with Gasteiger partial charge in [0.25, 0.3) is 0 Å². The number of nitrogens with two attached hydrogens (primary N) is 1. The quantitative estimate of drug-likeness (QED) is 0.896. The third-order valence-corrected chi connectivity index (χ3v) is 4.78. The Morgan fingerprint density at radius 1 is 1.42 bits per heavy atom. The second-order valence-corrected chi connectivity index (χ2v) is 6.81. The minimum atomic E-state index is -0.525. The molecule has 1 aliphatic carbocycles. The Morgan fingerprint density at radius 2 is 2.11 bits per heavy atom. The molecule has 0 heterocycles. The Labute approximate surface area is 118 Å². The van der Waals surface area contributed by atoms with E-state index in [0.29, 0.717) is 23.6 Å². The number of hydrogen-bond donors (Lipinski definition) is 2. The molecule has 0 aromatic heterocycles. The second kappa shape index (κ2) is 5.04. The first-order chi connectivity index (χ1) is 8.81. The summed E-state index contributed by atoms with van der Waals surface area (Å²) >= 11 is 5.92. The van der Waals surface area contributed by atoms with E-state index in [1.54, 1.807) is 6.07 Å². The van der Waals surface area contributed by atoms with Crippen molar-refractivity contribution < 1.29 is 9.50 Å². The van der Waals surface area contributed by atoms with Gasteiger partial charge in [-0.1, -0.05) is 25.4 Å². The van der Waals surface area contributed by atoms with Gasteiger partial charge in [-0.25, -0.2) is 4.39 Å². The first-order valence-corrected chi connectivity index (χ1v) is 7.01. The van der Waals surface area contributed by atoms with Crippen molar-refractivity contribution in [1.82, 2.24) is 0 Å². The number of hydrogen-bond acceptors (Lipinski definition) is 2. The Bertz CT molecular complexity index is 477. The summed E-state index contributed by atoms with van der Waals surface area (Å²) in [6.07, 6.45) is 1.61. The molecule has 0 aliphatic heterocycles.